The summed E-state index contributed by atoms with van der Waals surface area (Å²) in [4.78, 5) is 5.39. The zero-order valence-corrected chi connectivity index (χ0v) is 30.8. The normalized spacial score (nSPS) is 20.5. The Balaban J connectivity index is 1.33. The molecular formula is C42H45N4O2S+. The van der Waals surface area contributed by atoms with Crippen LogP contribution in [0.1, 0.15) is 63.8 Å². The first-order valence-corrected chi connectivity index (χ1v) is 18.5. The summed E-state index contributed by atoms with van der Waals surface area (Å²) in [5, 5.41) is 2.05. The Labute approximate surface area is 290 Å². The first-order chi connectivity index (χ1) is 22.9. The van der Waals surface area contributed by atoms with Crippen molar-refractivity contribution in [3.8, 4) is 5.82 Å². The molecule has 250 valence electrons. The zero-order chi connectivity index (χ0) is 34.9. The predicted molar refractivity (Wildman–Crippen MR) is 202 cm³/mol. The number of fused-ring (bicyclic) bond motifs is 3. The molecule has 0 N–H and O–H groups in total. The van der Waals surface area contributed by atoms with Gasteiger partial charge in [-0.2, -0.15) is 0 Å². The van der Waals surface area contributed by atoms with Crippen LogP contribution < -0.4 is 8.97 Å². The molecule has 5 heterocycles. The van der Waals surface area contributed by atoms with Crippen LogP contribution in [0.5, 0.6) is 0 Å². The fourth-order valence-corrected chi connectivity index (χ4v) is 9.21. The van der Waals surface area contributed by atoms with Crippen LogP contribution >= 0.6 is 0 Å². The summed E-state index contributed by atoms with van der Waals surface area (Å²) in [7, 11) is -1.67. The number of sulfone groups is 1. The van der Waals surface area contributed by atoms with Gasteiger partial charge in [-0.15, -0.1) is 0 Å². The first-order valence-electron chi connectivity index (χ1n) is 17.1. The summed E-state index contributed by atoms with van der Waals surface area (Å²) >= 11 is 0. The lowest BCUT2D eigenvalue weighted by Gasteiger charge is -2.55. The molecule has 3 aliphatic rings. The molecule has 6 aromatic rings. The van der Waals surface area contributed by atoms with Crippen LogP contribution in [0.2, 0.25) is 0 Å². The summed E-state index contributed by atoms with van der Waals surface area (Å²) in [6.45, 7) is 20.5. The van der Waals surface area contributed by atoms with Gasteiger partial charge in [0.15, 0.2) is 18.0 Å². The van der Waals surface area contributed by atoms with Gasteiger partial charge in [-0.05, 0) is 83.3 Å². The van der Waals surface area contributed by atoms with Crippen molar-refractivity contribution in [2.24, 2.45) is 0 Å². The maximum absolute atomic E-state index is 14.9. The van der Waals surface area contributed by atoms with Crippen LogP contribution in [0, 0.1) is 20.5 Å². The number of hydrogen-bond acceptors (Lipinski definition) is 3. The number of para-hydroxylation sites is 1. The minimum absolute atomic E-state index is 0.0652. The van der Waals surface area contributed by atoms with E-state index in [0.717, 1.165) is 55.6 Å². The third-order valence-corrected chi connectivity index (χ3v) is 12.6. The minimum Gasteiger partial charge on any atom is -0.325 e. The molecule has 2 atom stereocenters. The SMILES string of the molecule is Cc1cc2c(cc1C)[N@@+]1(C)[CH-][N@+]2(c2cc(C(C)(C)C)cc(S(=O)(=O)c3ccc4c5ccccc5n(-c5cc(C(C)(C)C)ccn5)c4c3)c2)C1. The van der Waals surface area contributed by atoms with E-state index >= 15 is 0 Å². The van der Waals surface area contributed by atoms with E-state index in [1.54, 1.807) is 6.07 Å². The second kappa shape index (κ2) is 10.1. The van der Waals surface area contributed by atoms with Gasteiger partial charge in [0.05, 0.1) is 34.5 Å². The van der Waals surface area contributed by atoms with Gasteiger partial charge in [0.25, 0.3) is 0 Å². The Morgan fingerprint density at radius 3 is 2.06 bits per heavy atom. The lowest BCUT2D eigenvalue weighted by molar-refractivity contribution is 0.157. The fourth-order valence-electron chi connectivity index (χ4n) is 7.86. The molecule has 0 spiro atoms. The quantitative estimate of drug-likeness (QED) is 0.139. The topological polar surface area (TPSA) is 52.0 Å². The van der Waals surface area contributed by atoms with Crippen molar-refractivity contribution in [1.29, 1.82) is 0 Å². The predicted octanol–water partition coefficient (Wildman–Crippen LogP) is 9.90. The number of aromatic nitrogens is 2. The lowest BCUT2D eigenvalue weighted by Crippen LogP contribution is -2.68. The van der Waals surface area contributed by atoms with Crippen LogP contribution in [-0.4, -0.2) is 31.7 Å². The smallest absolute Gasteiger partial charge is 0.206 e. The fraction of sp³-hybridized carbons (Fsp3) is 0.286. The Morgan fingerprint density at radius 1 is 0.714 bits per heavy atom. The van der Waals surface area contributed by atoms with E-state index in [0.29, 0.717) is 9.38 Å². The molecule has 1 fully saturated rings. The van der Waals surface area contributed by atoms with Gasteiger partial charge in [-0.3, -0.25) is 9.05 Å². The third-order valence-electron chi connectivity index (χ3n) is 10.9. The van der Waals surface area contributed by atoms with Crippen molar-refractivity contribution in [2.75, 3.05) is 13.7 Å². The average molecular weight is 670 g/mol. The number of benzene rings is 4. The van der Waals surface area contributed by atoms with E-state index in [9.17, 15) is 8.42 Å². The maximum atomic E-state index is 14.9. The van der Waals surface area contributed by atoms with Crippen molar-refractivity contribution in [2.45, 2.75) is 76.0 Å². The van der Waals surface area contributed by atoms with E-state index in [2.05, 4.69) is 116 Å². The van der Waals surface area contributed by atoms with Crippen LogP contribution in [0.15, 0.2) is 101 Å². The van der Waals surface area contributed by atoms with Crippen molar-refractivity contribution in [3.05, 3.63) is 120 Å². The van der Waals surface area contributed by atoms with E-state index in [4.69, 9.17) is 4.98 Å². The number of aryl methyl sites for hydroxylation is 2. The van der Waals surface area contributed by atoms with Crippen molar-refractivity contribution >= 4 is 48.7 Å². The monoisotopic (exact) mass is 669 g/mol. The number of pyridine rings is 1. The van der Waals surface area contributed by atoms with Gasteiger partial charge in [0, 0.05) is 41.2 Å². The minimum atomic E-state index is -3.91. The number of hydrogen-bond donors (Lipinski definition) is 0. The molecule has 2 aromatic heterocycles. The molecule has 0 unspecified atom stereocenters. The molecule has 7 heteroatoms. The highest BCUT2D eigenvalue weighted by Crippen LogP contribution is 2.61. The Bertz CT molecular complexity index is 2470. The molecule has 0 saturated carbocycles. The molecule has 3 aliphatic heterocycles. The highest BCUT2D eigenvalue weighted by Gasteiger charge is 2.59. The molecule has 0 aliphatic carbocycles. The molecule has 0 amide bonds. The van der Waals surface area contributed by atoms with E-state index in [1.807, 2.05) is 42.6 Å². The molecule has 0 radical (unpaired) electrons. The standard InChI is InChI=1S/C42H45N4O2S/c1-27-18-38-39(19-28(27)2)46(25-45(38,9)26-46)31-20-30(42(6,7)8)21-33(23-31)49(47,48)32-14-15-35-34-12-10-11-13-36(34)44(37(35)24-32)40-22-29(16-17-43-40)41(3,4)5/h10-25H,26H2,1-9H3/q+1/t45-,46+/m0/s1. The number of rotatable bonds is 4. The van der Waals surface area contributed by atoms with E-state index < -0.39 is 9.84 Å². The molecule has 1 saturated heterocycles. The van der Waals surface area contributed by atoms with Gasteiger partial charge in [-0.25, -0.2) is 13.4 Å². The highest BCUT2D eigenvalue weighted by atomic mass is 32.2. The average Bonchev–Trinajstić information content (AvgIpc) is 3.58. The highest BCUT2D eigenvalue weighted by molar-refractivity contribution is 7.91. The second-order valence-corrected chi connectivity index (χ2v) is 18.4. The summed E-state index contributed by atoms with van der Waals surface area (Å²) in [5.74, 6) is 0.772. The molecule has 6 nitrogen and oxygen atoms in total. The van der Waals surface area contributed by atoms with Gasteiger partial charge < -0.3 is 4.48 Å². The summed E-state index contributed by atoms with van der Waals surface area (Å²) < 4.78 is 33.1. The van der Waals surface area contributed by atoms with E-state index in [1.165, 1.54) is 22.5 Å². The van der Waals surface area contributed by atoms with Gasteiger partial charge in [-0.1, -0.05) is 65.8 Å². The van der Waals surface area contributed by atoms with Crippen LogP contribution in [0.4, 0.5) is 17.1 Å². The molecule has 2 bridgehead atoms. The first kappa shape index (κ1) is 31.9. The molecular weight excluding hydrogens is 625 g/mol. The molecule has 4 aromatic carbocycles. The molecule has 49 heavy (non-hydrogen) atoms. The largest absolute Gasteiger partial charge is 0.325 e. The van der Waals surface area contributed by atoms with Crippen LogP contribution in [0.3, 0.4) is 0 Å². The van der Waals surface area contributed by atoms with Crippen molar-refractivity contribution in [3.63, 3.8) is 0 Å². The Morgan fingerprint density at radius 2 is 1.37 bits per heavy atom. The summed E-state index contributed by atoms with van der Waals surface area (Å²) in [6.07, 6.45) is 1.85. The van der Waals surface area contributed by atoms with Crippen molar-refractivity contribution < 1.29 is 8.42 Å². The van der Waals surface area contributed by atoms with Crippen molar-refractivity contribution in [1.82, 2.24) is 18.5 Å². The number of nitrogens with zero attached hydrogens (tertiary/aromatic N) is 4. The second-order valence-electron chi connectivity index (χ2n) is 16.5. The maximum Gasteiger partial charge on any atom is 0.206 e. The lowest BCUT2D eigenvalue weighted by atomic mass is 9.86. The van der Waals surface area contributed by atoms with Crippen LogP contribution in [0.25, 0.3) is 27.6 Å². The van der Waals surface area contributed by atoms with E-state index in [-0.39, 0.29) is 15.7 Å². The Hall–Kier alpha value is -4.30. The summed E-state index contributed by atoms with van der Waals surface area (Å²) in [5.41, 5.74) is 9.68. The van der Waals surface area contributed by atoms with Gasteiger partial charge in [0.1, 0.15) is 11.5 Å². The Kier molecular flexibility index (Phi) is 6.60. The van der Waals surface area contributed by atoms with Gasteiger partial charge in [0.2, 0.25) is 9.84 Å². The van der Waals surface area contributed by atoms with Gasteiger partial charge >= 0.3 is 0 Å². The number of quaternary nitrogens is 2. The zero-order valence-electron chi connectivity index (χ0n) is 30.0. The van der Waals surface area contributed by atoms with Crippen LogP contribution in [-0.2, 0) is 20.7 Å². The molecule has 9 rings (SSSR count). The third kappa shape index (κ3) is 4.66. The summed E-state index contributed by atoms with van der Waals surface area (Å²) in [6, 6.07) is 28.6.